The largest absolute Gasteiger partial charge is 0.303 e. The monoisotopic (exact) mass is 561 g/mol. The van der Waals surface area contributed by atoms with Gasteiger partial charge in [0.2, 0.25) is 20.0 Å². The molecule has 2 aromatic rings. The summed E-state index contributed by atoms with van der Waals surface area (Å²) in [7, 11) is -7.53. The molecule has 0 aliphatic carbocycles. The van der Waals surface area contributed by atoms with Crippen LogP contribution in [-0.2, 0) is 20.0 Å². The molecule has 1 saturated heterocycles. The molecule has 0 spiro atoms. The van der Waals surface area contributed by atoms with Crippen molar-refractivity contribution >= 4 is 20.0 Å². The van der Waals surface area contributed by atoms with Gasteiger partial charge < -0.3 is 4.90 Å². The van der Waals surface area contributed by atoms with Gasteiger partial charge in [0.15, 0.2) is 0 Å². The molecule has 1 aliphatic heterocycles. The van der Waals surface area contributed by atoms with Crippen LogP contribution in [0.25, 0.3) is 0 Å². The van der Waals surface area contributed by atoms with Gasteiger partial charge in [-0.15, -0.1) is 0 Å². The normalized spacial score (nSPS) is 18.1. The summed E-state index contributed by atoms with van der Waals surface area (Å²) in [6.07, 6.45) is 4.75. The summed E-state index contributed by atoms with van der Waals surface area (Å²) >= 11 is 0. The van der Waals surface area contributed by atoms with Gasteiger partial charge in [0.1, 0.15) is 0 Å². The van der Waals surface area contributed by atoms with Crippen LogP contribution in [0.4, 0.5) is 0 Å². The van der Waals surface area contributed by atoms with Crippen molar-refractivity contribution in [2.75, 3.05) is 45.8 Å². The highest BCUT2D eigenvalue weighted by Crippen LogP contribution is 2.22. The average molecular weight is 562 g/mol. The Bertz CT molecular complexity index is 1160. The Kier molecular flexibility index (Phi) is 11.1. The summed E-state index contributed by atoms with van der Waals surface area (Å²) in [5.74, 6) is 0. The smallest absolute Gasteiger partial charge is 0.243 e. The second-order valence-corrected chi connectivity index (χ2v) is 14.2. The van der Waals surface area contributed by atoms with E-state index in [9.17, 15) is 16.8 Å². The predicted molar refractivity (Wildman–Crippen MR) is 154 cm³/mol. The van der Waals surface area contributed by atoms with Crippen LogP contribution >= 0.6 is 0 Å². The van der Waals surface area contributed by atoms with E-state index >= 15 is 0 Å². The van der Waals surface area contributed by atoms with Gasteiger partial charge in [-0.3, -0.25) is 0 Å². The summed E-state index contributed by atoms with van der Waals surface area (Å²) in [6.45, 7) is 13.5. The number of hydrogen-bond acceptors (Lipinski definition) is 5. The SMILES string of the molecule is C=C1CN(S(=O)(=O)c2ccc(C)cc2)CCCN(CCCCC)CCCN(S(=O)(=O)c2ccc(C)cc2)C1. The van der Waals surface area contributed by atoms with E-state index < -0.39 is 20.0 Å². The van der Waals surface area contributed by atoms with Crippen molar-refractivity contribution in [2.45, 2.75) is 62.7 Å². The number of benzene rings is 2. The van der Waals surface area contributed by atoms with Crippen LogP contribution < -0.4 is 0 Å². The molecule has 0 unspecified atom stereocenters. The molecule has 1 aliphatic rings. The zero-order chi connectivity index (χ0) is 27.8. The first-order valence-corrected chi connectivity index (χ1v) is 16.4. The highest BCUT2D eigenvalue weighted by atomic mass is 32.2. The molecule has 2 aromatic carbocycles. The maximum atomic E-state index is 13.6. The van der Waals surface area contributed by atoms with Crippen LogP contribution in [0, 0.1) is 13.8 Å². The van der Waals surface area contributed by atoms with Gasteiger partial charge in [0, 0.05) is 26.2 Å². The molecule has 1 heterocycles. The lowest BCUT2D eigenvalue weighted by Gasteiger charge is -2.30. The van der Waals surface area contributed by atoms with Gasteiger partial charge in [-0.2, -0.15) is 8.61 Å². The minimum Gasteiger partial charge on any atom is -0.303 e. The fraction of sp³-hybridized carbons (Fsp3) is 0.517. The third-order valence-electron chi connectivity index (χ3n) is 6.96. The molecule has 38 heavy (non-hydrogen) atoms. The van der Waals surface area contributed by atoms with Crippen LogP contribution in [0.15, 0.2) is 70.5 Å². The highest BCUT2D eigenvalue weighted by Gasteiger charge is 2.29. The van der Waals surface area contributed by atoms with Crippen LogP contribution in [0.1, 0.15) is 50.2 Å². The van der Waals surface area contributed by atoms with Crippen molar-refractivity contribution < 1.29 is 16.8 Å². The Balaban J connectivity index is 1.90. The maximum Gasteiger partial charge on any atom is 0.243 e. The second-order valence-electron chi connectivity index (χ2n) is 10.3. The number of sulfonamides is 2. The maximum absolute atomic E-state index is 13.6. The molecule has 0 bridgehead atoms. The molecule has 1 fully saturated rings. The lowest BCUT2D eigenvalue weighted by atomic mass is 10.2. The molecule has 0 aromatic heterocycles. The summed E-state index contributed by atoms with van der Waals surface area (Å²) < 4.78 is 57.4. The Hall–Kier alpha value is -2.04. The van der Waals surface area contributed by atoms with Crippen molar-refractivity contribution in [3.63, 3.8) is 0 Å². The summed E-state index contributed by atoms with van der Waals surface area (Å²) in [5.41, 5.74) is 2.53. The van der Waals surface area contributed by atoms with Crippen molar-refractivity contribution in [1.82, 2.24) is 13.5 Å². The molecule has 0 atom stereocenters. The van der Waals surface area contributed by atoms with Crippen molar-refractivity contribution in [1.29, 1.82) is 0 Å². The fourth-order valence-corrected chi connectivity index (χ4v) is 7.70. The number of rotatable bonds is 8. The Morgan fingerprint density at radius 1 is 0.684 bits per heavy atom. The number of hydrogen-bond donors (Lipinski definition) is 0. The standard InChI is InChI=1S/C29H43N3O4S2/c1-5-6-7-18-30-19-8-21-31(37(33,34)28-14-10-25(2)11-15-28)23-27(4)24-32(22-9-20-30)38(35,36)29-16-12-26(3)13-17-29/h10-17H,4-9,18-24H2,1-3H3. The molecule has 210 valence electrons. The highest BCUT2D eigenvalue weighted by molar-refractivity contribution is 7.89. The first-order valence-electron chi connectivity index (χ1n) is 13.6. The van der Waals surface area contributed by atoms with E-state index in [-0.39, 0.29) is 22.9 Å². The van der Waals surface area contributed by atoms with E-state index in [0.717, 1.165) is 50.0 Å². The molecule has 9 heteroatoms. The molecular formula is C29H43N3O4S2. The van der Waals surface area contributed by atoms with E-state index in [1.165, 1.54) is 8.61 Å². The number of aryl methyl sites for hydroxylation is 2. The van der Waals surface area contributed by atoms with Gasteiger partial charge in [-0.05, 0) is 82.6 Å². The van der Waals surface area contributed by atoms with E-state index in [1.54, 1.807) is 48.5 Å². The third kappa shape index (κ3) is 8.23. The van der Waals surface area contributed by atoms with Crippen molar-refractivity contribution in [3.8, 4) is 0 Å². The predicted octanol–water partition coefficient (Wildman–Crippen LogP) is 4.83. The zero-order valence-corrected chi connectivity index (χ0v) is 24.7. The van der Waals surface area contributed by atoms with Gasteiger partial charge >= 0.3 is 0 Å². The fourth-order valence-electron chi connectivity index (χ4n) is 4.70. The number of unbranched alkanes of at least 4 members (excludes halogenated alkanes) is 2. The van der Waals surface area contributed by atoms with Crippen LogP contribution in [0.5, 0.6) is 0 Å². The van der Waals surface area contributed by atoms with Gasteiger partial charge in [-0.25, -0.2) is 16.8 Å². The molecule has 3 rings (SSSR count). The Morgan fingerprint density at radius 3 is 1.50 bits per heavy atom. The minimum absolute atomic E-state index is 0.0754. The van der Waals surface area contributed by atoms with Gasteiger partial charge in [-0.1, -0.05) is 61.7 Å². The van der Waals surface area contributed by atoms with Gasteiger partial charge in [0.25, 0.3) is 0 Å². The lowest BCUT2D eigenvalue weighted by Crippen LogP contribution is -2.41. The first-order chi connectivity index (χ1) is 18.0. The zero-order valence-electron chi connectivity index (χ0n) is 23.1. The molecule has 0 N–H and O–H groups in total. The Morgan fingerprint density at radius 2 is 1.11 bits per heavy atom. The molecular weight excluding hydrogens is 518 g/mol. The molecule has 0 saturated carbocycles. The van der Waals surface area contributed by atoms with E-state index in [2.05, 4.69) is 18.4 Å². The van der Waals surface area contributed by atoms with Gasteiger partial charge in [0.05, 0.1) is 9.79 Å². The second kappa shape index (κ2) is 13.8. The van der Waals surface area contributed by atoms with E-state index in [0.29, 0.717) is 31.5 Å². The molecule has 7 nitrogen and oxygen atoms in total. The first kappa shape index (κ1) is 30.5. The Labute approximate surface area is 230 Å². The molecule has 0 amide bonds. The quantitative estimate of drug-likeness (QED) is 0.341. The lowest BCUT2D eigenvalue weighted by molar-refractivity contribution is 0.241. The summed E-state index contributed by atoms with van der Waals surface area (Å²) in [5, 5.41) is 0. The van der Waals surface area contributed by atoms with Crippen molar-refractivity contribution in [3.05, 3.63) is 71.8 Å². The van der Waals surface area contributed by atoms with E-state index in [1.807, 2.05) is 13.8 Å². The minimum atomic E-state index is -3.76. The van der Waals surface area contributed by atoms with E-state index in [4.69, 9.17) is 0 Å². The average Bonchev–Trinajstić information content (AvgIpc) is 2.87. The number of nitrogens with zero attached hydrogens (tertiary/aromatic N) is 3. The summed E-state index contributed by atoms with van der Waals surface area (Å²) in [6, 6.07) is 13.7. The topological polar surface area (TPSA) is 78.0 Å². The van der Waals surface area contributed by atoms with Crippen LogP contribution in [0.3, 0.4) is 0 Å². The molecule has 0 radical (unpaired) electrons. The van der Waals surface area contributed by atoms with Crippen molar-refractivity contribution in [2.24, 2.45) is 0 Å². The summed E-state index contributed by atoms with van der Waals surface area (Å²) in [4.78, 5) is 2.83. The van der Waals surface area contributed by atoms with Crippen LogP contribution in [0.2, 0.25) is 0 Å². The third-order valence-corrected chi connectivity index (χ3v) is 10.7. The van der Waals surface area contributed by atoms with Crippen LogP contribution in [-0.4, -0.2) is 76.2 Å².